The summed E-state index contributed by atoms with van der Waals surface area (Å²) in [6.07, 6.45) is -0.219. The van der Waals surface area contributed by atoms with Crippen LogP contribution in [0.1, 0.15) is 43.5 Å². The van der Waals surface area contributed by atoms with Gasteiger partial charge in [-0.05, 0) is 25.0 Å². The van der Waals surface area contributed by atoms with E-state index in [1.807, 2.05) is 17.0 Å². The minimum absolute atomic E-state index is 0.136. The largest absolute Gasteiger partial charge is 0.481 e. The van der Waals surface area contributed by atoms with Crippen LogP contribution in [0.3, 0.4) is 0 Å². The van der Waals surface area contributed by atoms with Crippen molar-refractivity contribution >= 4 is 17.9 Å². The van der Waals surface area contributed by atoms with Gasteiger partial charge in [-0.25, -0.2) is 0 Å². The summed E-state index contributed by atoms with van der Waals surface area (Å²) < 4.78 is 0. The highest BCUT2D eigenvalue weighted by Crippen LogP contribution is 2.37. The Hall–Kier alpha value is -2.56. The van der Waals surface area contributed by atoms with Gasteiger partial charge in [0.05, 0.1) is 23.3 Å². The van der Waals surface area contributed by atoms with Crippen molar-refractivity contribution in [1.29, 1.82) is 0 Å². The molecule has 166 valence electrons. The van der Waals surface area contributed by atoms with Gasteiger partial charge in [0.2, 0.25) is 0 Å². The van der Waals surface area contributed by atoms with Gasteiger partial charge in [-0.15, -0.1) is 0 Å². The molecule has 5 N–H and O–H groups in total. The Balaban J connectivity index is 2.55. The van der Waals surface area contributed by atoms with Gasteiger partial charge in [0.1, 0.15) is 0 Å². The minimum atomic E-state index is -0.997. The number of hydrogen-bond acceptors (Lipinski definition) is 7. The van der Waals surface area contributed by atoms with E-state index in [1.165, 1.54) is 0 Å². The second kappa shape index (κ2) is 11.6. The zero-order valence-electron chi connectivity index (χ0n) is 17.0. The standard InChI is InChI=1S/C20H30N4O6/c25-17(26)4-7-20(8-5-18(27)28)16-3-1-2-15(23-16)14-22-10-9-21-11-13-24(20)12-6-19(29)30/h1-3,21-22H,4-14H2,(H,25,26)(H,27,28)(H,29,30). The van der Waals surface area contributed by atoms with Crippen LogP contribution in [0.4, 0.5) is 0 Å². The van der Waals surface area contributed by atoms with E-state index < -0.39 is 23.4 Å². The van der Waals surface area contributed by atoms with Gasteiger partial charge in [0.25, 0.3) is 0 Å². The molecule has 2 heterocycles. The fourth-order valence-electron chi connectivity index (χ4n) is 3.83. The number of carboxylic acid groups (broad SMARTS) is 3. The van der Waals surface area contributed by atoms with E-state index in [0.29, 0.717) is 31.9 Å². The second-order valence-corrected chi connectivity index (χ2v) is 7.39. The third kappa shape index (κ3) is 7.05. The molecule has 0 saturated heterocycles. The molecule has 0 atom stereocenters. The number of rotatable bonds is 9. The van der Waals surface area contributed by atoms with E-state index in [4.69, 9.17) is 4.98 Å². The Kier molecular flexibility index (Phi) is 9.15. The first-order chi connectivity index (χ1) is 14.3. The van der Waals surface area contributed by atoms with Gasteiger partial charge in [0, 0.05) is 52.1 Å². The van der Waals surface area contributed by atoms with Gasteiger partial charge in [-0.2, -0.15) is 0 Å². The molecule has 0 radical (unpaired) electrons. The normalized spacial score (nSPS) is 17.5. The van der Waals surface area contributed by atoms with Crippen LogP contribution in [-0.2, 0) is 26.5 Å². The Bertz CT molecular complexity index is 724. The lowest BCUT2D eigenvalue weighted by Gasteiger charge is -2.44. The molecule has 0 fully saturated rings. The molecular formula is C20H30N4O6. The number of fused-ring (bicyclic) bond motifs is 2. The molecule has 0 spiro atoms. The Morgan fingerprint density at radius 1 is 0.933 bits per heavy atom. The van der Waals surface area contributed by atoms with Gasteiger partial charge < -0.3 is 26.0 Å². The molecular weight excluding hydrogens is 392 g/mol. The number of pyridine rings is 1. The Morgan fingerprint density at radius 2 is 1.57 bits per heavy atom. The number of aliphatic carboxylic acids is 3. The summed E-state index contributed by atoms with van der Waals surface area (Å²) in [4.78, 5) is 40.8. The van der Waals surface area contributed by atoms with Crippen molar-refractivity contribution in [2.75, 3.05) is 32.7 Å². The molecule has 0 aliphatic carbocycles. The highest BCUT2D eigenvalue weighted by Gasteiger charge is 2.40. The van der Waals surface area contributed by atoms with Crippen molar-refractivity contribution in [3.05, 3.63) is 29.6 Å². The van der Waals surface area contributed by atoms with Gasteiger partial charge >= 0.3 is 17.9 Å². The molecule has 0 saturated carbocycles. The summed E-state index contributed by atoms with van der Waals surface area (Å²) in [5.74, 6) is -2.96. The predicted molar refractivity (Wildman–Crippen MR) is 108 cm³/mol. The summed E-state index contributed by atoms with van der Waals surface area (Å²) in [6, 6.07) is 5.46. The molecule has 0 amide bonds. The number of hydrogen-bond donors (Lipinski definition) is 5. The monoisotopic (exact) mass is 422 g/mol. The summed E-state index contributed by atoms with van der Waals surface area (Å²) in [7, 11) is 0. The average molecular weight is 422 g/mol. The van der Waals surface area contributed by atoms with Gasteiger partial charge in [-0.1, -0.05) is 6.07 Å². The minimum Gasteiger partial charge on any atom is -0.481 e. The number of nitrogens with zero attached hydrogens (tertiary/aromatic N) is 2. The maximum atomic E-state index is 11.4. The fraction of sp³-hybridized carbons (Fsp3) is 0.600. The number of carbonyl (C=O) groups is 3. The van der Waals surface area contributed by atoms with E-state index in [2.05, 4.69) is 10.6 Å². The highest BCUT2D eigenvalue weighted by molar-refractivity contribution is 5.68. The van der Waals surface area contributed by atoms with Crippen LogP contribution in [0.2, 0.25) is 0 Å². The van der Waals surface area contributed by atoms with Gasteiger partial charge in [-0.3, -0.25) is 24.3 Å². The molecule has 0 aromatic carbocycles. The Labute approximate surface area is 175 Å². The average Bonchev–Trinajstić information content (AvgIpc) is 2.69. The summed E-state index contributed by atoms with van der Waals surface area (Å²) >= 11 is 0. The van der Waals surface area contributed by atoms with E-state index in [9.17, 15) is 29.7 Å². The maximum absolute atomic E-state index is 11.4. The molecule has 1 aromatic heterocycles. The molecule has 2 rings (SSSR count). The van der Waals surface area contributed by atoms with Crippen LogP contribution in [-0.4, -0.2) is 75.8 Å². The lowest BCUT2D eigenvalue weighted by atomic mass is 9.82. The number of aromatic nitrogens is 1. The highest BCUT2D eigenvalue weighted by atomic mass is 16.4. The lowest BCUT2D eigenvalue weighted by Crippen LogP contribution is -2.51. The van der Waals surface area contributed by atoms with Crippen molar-refractivity contribution in [3.8, 4) is 0 Å². The Morgan fingerprint density at radius 3 is 2.20 bits per heavy atom. The van der Waals surface area contributed by atoms with Crippen LogP contribution in [0.15, 0.2) is 18.2 Å². The summed E-state index contributed by atoms with van der Waals surface area (Å²) in [6.45, 7) is 3.15. The van der Waals surface area contributed by atoms with Crippen molar-refractivity contribution < 1.29 is 29.7 Å². The van der Waals surface area contributed by atoms with Crippen LogP contribution in [0.25, 0.3) is 0 Å². The lowest BCUT2D eigenvalue weighted by molar-refractivity contribution is -0.141. The first-order valence-electron chi connectivity index (χ1n) is 10.1. The smallest absolute Gasteiger partial charge is 0.304 e. The van der Waals surface area contributed by atoms with Crippen molar-refractivity contribution in [2.45, 2.75) is 44.2 Å². The van der Waals surface area contributed by atoms with E-state index in [1.54, 1.807) is 6.07 Å². The third-order valence-corrected chi connectivity index (χ3v) is 5.33. The molecule has 1 aliphatic heterocycles. The number of nitrogens with one attached hydrogen (secondary N) is 2. The predicted octanol–water partition coefficient (Wildman–Crippen LogP) is 0.476. The molecule has 2 bridgehead atoms. The quantitative estimate of drug-likeness (QED) is 0.380. The number of carboxylic acids is 3. The molecule has 10 nitrogen and oxygen atoms in total. The summed E-state index contributed by atoms with van der Waals surface area (Å²) in [5.41, 5.74) is 0.347. The van der Waals surface area contributed by atoms with Crippen molar-refractivity contribution in [3.63, 3.8) is 0 Å². The van der Waals surface area contributed by atoms with E-state index in [0.717, 1.165) is 12.2 Å². The molecule has 1 aromatic rings. The first kappa shape index (κ1) is 23.7. The van der Waals surface area contributed by atoms with Crippen LogP contribution in [0.5, 0.6) is 0 Å². The van der Waals surface area contributed by atoms with Crippen molar-refractivity contribution in [2.24, 2.45) is 0 Å². The first-order valence-corrected chi connectivity index (χ1v) is 10.1. The topological polar surface area (TPSA) is 152 Å². The fourth-order valence-corrected chi connectivity index (χ4v) is 3.83. The van der Waals surface area contributed by atoms with E-state index >= 15 is 0 Å². The van der Waals surface area contributed by atoms with Gasteiger partial charge in [0.15, 0.2) is 0 Å². The second-order valence-electron chi connectivity index (χ2n) is 7.39. The molecule has 1 aliphatic rings. The SMILES string of the molecule is O=C(O)CCN1CCNCCNCc2cccc(n2)C1(CCC(=O)O)CCC(=O)O. The zero-order valence-corrected chi connectivity index (χ0v) is 17.0. The van der Waals surface area contributed by atoms with Crippen LogP contribution >= 0.6 is 0 Å². The van der Waals surface area contributed by atoms with Crippen LogP contribution in [0, 0.1) is 0 Å². The van der Waals surface area contributed by atoms with E-state index in [-0.39, 0.29) is 38.6 Å². The molecule has 0 unspecified atom stereocenters. The van der Waals surface area contributed by atoms with Crippen LogP contribution < -0.4 is 10.6 Å². The molecule has 10 heteroatoms. The molecule has 30 heavy (non-hydrogen) atoms. The zero-order chi connectivity index (χ0) is 22.0. The summed E-state index contributed by atoms with van der Waals surface area (Å²) in [5, 5.41) is 34.5. The third-order valence-electron chi connectivity index (χ3n) is 5.33. The van der Waals surface area contributed by atoms with Crippen molar-refractivity contribution in [1.82, 2.24) is 20.5 Å². The maximum Gasteiger partial charge on any atom is 0.304 e.